The van der Waals surface area contributed by atoms with Crippen molar-refractivity contribution in [1.82, 2.24) is 0 Å². The van der Waals surface area contributed by atoms with Gasteiger partial charge in [0.15, 0.2) is 0 Å². The lowest BCUT2D eigenvalue weighted by Crippen LogP contribution is -2.21. The summed E-state index contributed by atoms with van der Waals surface area (Å²) in [4.78, 5) is 14.6. The minimum atomic E-state index is -0.556. The minimum Gasteiger partial charge on any atom is -0.399 e. The number of halogens is 1. The summed E-state index contributed by atoms with van der Waals surface area (Å²) in [5.74, 6) is -0.556. The zero-order valence-electron chi connectivity index (χ0n) is 16.2. The monoisotopic (exact) mass is 397 g/mol. The Balaban J connectivity index is 2.14. The first-order valence-corrected chi connectivity index (χ1v) is 9.36. The summed E-state index contributed by atoms with van der Waals surface area (Å²) in [7, 11) is 0. The molecule has 2 aromatic rings. The highest BCUT2D eigenvalue weighted by molar-refractivity contribution is 6.34. The predicted octanol–water partition coefficient (Wildman–Crippen LogP) is 4.53. The van der Waals surface area contributed by atoms with E-state index in [-0.39, 0.29) is 5.57 Å². The zero-order valence-corrected chi connectivity index (χ0v) is 17.0. The van der Waals surface area contributed by atoms with Gasteiger partial charge in [0.2, 0.25) is 0 Å². The van der Waals surface area contributed by atoms with Gasteiger partial charge in [0.25, 0.3) is 5.91 Å². The molecule has 0 aliphatic heterocycles. The average molecular weight is 398 g/mol. The van der Waals surface area contributed by atoms with Crippen LogP contribution >= 0.6 is 11.6 Å². The second-order valence-corrected chi connectivity index (χ2v) is 6.59. The molecule has 0 aromatic heterocycles. The highest BCUT2D eigenvalue weighted by Crippen LogP contribution is 2.25. The van der Waals surface area contributed by atoms with Crippen molar-refractivity contribution < 1.29 is 4.79 Å². The normalized spacial score (nSPS) is 10.9. The highest BCUT2D eigenvalue weighted by Gasteiger charge is 2.12. The SMILES string of the molecule is CCN(CC)c1ccc(N/C=C(/C#N)C(=O)Nc2ccc(N)cc2Cl)c(C)c1. The molecule has 2 rings (SSSR count). The molecule has 28 heavy (non-hydrogen) atoms. The number of anilines is 4. The minimum absolute atomic E-state index is 0.0693. The lowest BCUT2D eigenvalue weighted by atomic mass is 10.1. The van der Waals surface area contributed by atoms with Gasteiger partial charge in [-0.05, 0) is 62.7 Å². The third-order valence-corrected chi connectivity index (χ3v) is 4.63. The van der Waals surface area contributed by atoms with E-state index in [0.29, 0.717) is 16.4 Å². The van der Waals surface area contributed by atoms with Gasteiger partial charge in [-0.25, -0.2) is 0 Å². The molecule has 4 N–H and O–H groups in total. The van der Waals surface area contributed by atoms with E-state index in [0.717, 1.165) is 30.0 Å². The van der Waals surface area contributed by atoms with E-state index in [2.05, 4.69) is 35.4 Å². The van der Waals surface area contributed by atoms with Crippen LogP contribution in [0.25, 0.3) is 0 Å². The maximum absolute atomic E-state index is 12.4. The Morgan fingerprint density at radius 3 is 2.46 bits per heavy atom. The lowest BCUT2D eigenvalue weighted by Gasteiger charge is -2.22. The van der Waals surface area contributed by atoms with Crippen LogP contribution in [-0.4, -0.2) is 19.0 Å². The molecule has 146 valence electrons. The Kier molecular flexibility index (Phi) is 7.30. The molecule has 0 fully saturated rings. The molecule has 0 bridgehead atoms. The van der Waals surface area contributed by atoms with Crippen LogP contribution in [0.4, 0.5) is 22.7 Å². The van der Waals surface area contributed by atoms with Crippen molar-refractivity contribution in [3.8, 4) is 6.07 Å². The van der Waals surface area contributed by atoms with Crippen LogP contribution in [0, 0.1) is 18.3 Å². The number of nitriles is 1. The van der Waals surface area contributed by atoms with Crippen LogP contribution in [0.2, 0.25) is 5.02 Å². The number of nitrogens with one attached hydrogen (secondary N) is 2. The highest BCUT2D eigenvalue weighted by atomic mass is 35.5. The Morgan fingerprint density at radius 1 is 1.21 bits per heavy atom. The van der Waals surface area contributed by atoms with E-state index in [1.165, 1.54) is 12.3 Å². The predicted molar refractivity (Wildman–Crippen MR) is 117 cm³/mol. The Morgan fingerprint density at radius 2 is 1.89 bits per heavy atom. The van der Waals surface area contributed by atoms with Crippen LogP contribution in [0.5, 0.6) is 0 Å². The fraction of sp³-hybridized carbons (Fsp3) is 0.238. The van der Waals surface area contributed by atoms with Crippen LogP contribution in [-0.2, 0) is 4.79 Å². The standard InChI is InChI=1S/C21H24ClN5O/c1-4-27(5-2)17-7-9-19(14(3)10-17)25-13-15(12-23)21(28)26-20-8-6-16(24)11-18(20)22/h6-11,13,25H,4-5,24H2,1-3H3,(H,26,28)/b15-13-. The maximum Gasteiger partial charge on any atom is 0.267 e. The molecule has 0 saturated heterocycles. The van der Waals surface area contributed by atoms with Crippen molar-refractivity contribution in [3.05, 3.63) is 58.8 Å². The molecule has 0 heterocycles. The van der Waals surface area contributed by atoms with Gasteiger partial charge in [0.05, 0.1) is 10.7 Å². The Labute approximate surface area is 170 Å². The zero-order chi connectivity index (χ0) is 20.7. The van der Waals surface area contributed by atoms with Gasteiger partial charge in [0, 0.05) is 36.4 Å². The smallest absolute Gasteiger partial charge is 0.267 e. The summed E-state index contributed by atoms with van der Waals surface area (Å²) >= 11 is 6.06. The van der Waals surface area contributed by atoms with Gasteiger partial charge in [0.1, 0.15) is 11.6 Å². The van der Waals surface area contributed by atoms with Crippen molar-refractivity contribution in [3.63, 3.8) is 0 Å². The van der Waals surface area contributed by atoms with Gasteiger partial charge in [-0.1, -0.05) is 11.6 Å². The van der Waals surface area contributed by atoms with E-state index >= 15 is 0 Å². The quantitative estimate of drug-likeness (QED) is 0.362. The molecule has 0 aliphatic carbocycles. The van der Waals surface area contributed by atoms with Gasteiger partial charge in [-0.2, -0.15) is 5.26 Å². The number of carbonyl (C=O) groups is 1. The van der Waals surface area contributed by atoms with E-state index in [4.69, 9.17) is 17.3 Å². The maximum atomic E-state index is 12.4. The molecular weight excluding hydrogens is 374 g/mol. The number of hydrogen-bond acceptors (Lipinski definition) is 5. The molecule has 1 amide bonds. The number of carbonyl (C=O) groups excluding carboxylic acids is 1. The first kappa shape index (κ1) is 21.1. The second kappa shape index (κ2) is 9.67. The summed E-state index contributed by atoms with van der Waals surface area (Å²) in [6, 6.07) is 12.7. The first-order valence-electron chi connectivity index (χ1n) is 8.98. The Hall–Kier alpha value is -3.17. The number of nitrogen functional groups attached to an aromatic ring is 1. The van der Waals surface area contributed by atoms with Crippen LogP contribution in [0.3, 0.4) is 0 Å². The van der Waals surface area contributed by atoms with Crippen LogP contribution < -0.4 is 21.3 Å². The fourth-order valence-electron chi connectivity index (χ4n) is 2.72. The number of nitrogens with two attached hydrogens (primary N) is 1. The fourth-order valence-corrected chi connectivity index (χ4v) is 2.95. The molecule has 2 aromatic carbocycles. The molecule has 0 atom stereocenters. The summed E-state index contributed by atoms with van der Waals surface area (Å²) < 4.78 is 0. The van der Waals surface area contributed by atoms with Crippen molar-refractivity contribution in [1.29, 1.82) is 5.26 Å². The van der Waals surface area contributed by atoms with E-state index in [1.54, 1.807) is 12.1 Å². The molecule has 6 nitrogen and oxygen atoms in total. The van der Waals surface area contributed by atoms with Crippen LogP contribution in [0.1, 0.15) is 19.4 Å². The topological polar surface area (TPSA) is 94.2 Å². The van der Waals surface area contributed by atoms with Gasteiger partial charge >= 0.3 is 0 Å². The van der Waals surface area contributed by atoms with E-state index in [1.807, 2.05) is 25.1 Å². The summed E-state index contributed by atoms with van der Waals surface area (Å²) in [6.45, 7) is 8.05. The van der Waals surface area contributed by atoms with E-state index in [9.17, 15) is 10.1 Å². The van der Waals surface area contributed by atoms with Crippen molar-refractivity contribution in [2.24, 2.45) is 0 Å². The second-order valence-electron chi connectivity index (χ2n) is 6.18. The van der Waals surface area contributed by atoms with Crippen molar-refractivity contribution >= 4 is 40.3 Å². The van der Waals surface area contributed by atoms with Crippen LogP contribution in [0.15, 0.2) is 48.2 Å². The number of amides is 1. The molecule has 0 spiro atoms. The number of benzene rings is 2. The molecule has 7 heteroatoms. The van der Waals surface area contributed by atoms with Gasteiger partial charge in [-0.15, -0.1) is 0 Å². The van der Waals surface area contributed by atoms with Gasteiger partial charge < -0.3 is 21.3 Å². The van der Waals surface area contributed by atoms with Gasteiger partial charge in [-0.3, -0.25) is 4.79 Å². The number of aryl methyl sites for hydroxylation is 1. The largest absolute Gasteiger partial charge is 0.399 e. The first-order chi connectivity index (χ1) is 13.4. The van der Waals surface area contributed by atoms with Crippen molar-refractivity contribution in [2.75, 3.05) is 34.4 Å². The number of hydrogen-bond donors (Lipinski definition) is 3. The molecule has 0 radical (unpaired) electrons. The molecular formula is C21H24ClN5O. The third kappa shape index (κ3) is 5.18. The molecule has 0 aliphatic rings. The summed E-state index contributed by atoms with van der Waals surface area (Å²) in [5, 5.41) is 15.3. The average Bonchev–Trinajstić information content (AvgIpc) is 2.67. The summed E-state index contributed by atoms with van der Waals surface area (Å²) in [5.41, 5.74) is 9.42. The third-order valence-electron chi connectivity index (χ3n) is 4.32. The lowest BCUT2D eigenvalue weighted by molar-refractivity contribution is -0.112. The van der Waals surface area contributed by atoms with E-state index < -0.39 is 5.91 Å². The summed E-state index contributed by atoms with van der Waals surface area (Å²) in [6.07, 6.45) is 1.39. The molecule has 0 unspecified atom stereocenters. The number of nitrogens with zero attached hydrogens (tertiary/aromatic N) is 2. The Bertz CT molecular complexity index is 929. The number of rotatable bonds is 7. The van der Waals surface area contributed by atoms with Crippen molar-refractivity contribution in [2.45, 2.75) is 20.8 Å². The molecule has 0 saturated carbocycles.